The molecular formula is C15H22O5. The molecule has 0 heterocycles. The molecule has 112 valence electrons. The maximum atomic E-state index is 12.3. The number of hydrogen-bond donors (Lipinski definition) is 0. The summed E-state index contributed by atoms with van der Waals surface area (Å²) in [5.41, 5.74) is -1.40. The lowest BCUT2D eigenvalue weighted by Gasteiger charge is -2.37. The number of carbonyl (C=O) groups is 3. The Morgan fingerprint density at radius 1 is 1.35 bits per heavy atom. The monoisotopic (exact) mass is 282 g/mol. The summed E-state index contributed by atoms with van der Waals surface area (Å²) in [6, 6.07) is 0. The predicted octanol–water partition coefficient (Wildman–Crippen LogP) is 2.04. The van der Waals surface area contributed by atoms with Gasteiger partial charge in [-0.3, -0.25) is 14.4 Å². The Balaban J connectivity index is 3.19. The molecule has 0 N–H and O–H groups in total. The number of allylic oxidation sites excluding steroid dienone is 1. The summed E-state index contributed by atoms with van der Waals surface area (Å²) in [5, 5.41) is 0. The highest BCUT2D eigenvalue weighted by Crippen LogP contribution is 2.43. The van der Waals surface area contributed by atoms with E-state index in [0.717, 1.165) is 0 Å². The van der Waals surface area contributed by atoms with Crippen molar-refractivity contribution in [2.24, 2.45) is 11.3 Å². The van der Waals surface area contributed by atoms with Gasteiger partial charge in [-0.15, -0.1) is 6.58 Å². The molecular weight excluding hydrogens is 260 g/mol. The predicted molar refractivity (Wildman–Crippen MR) is 72.9 cm³/mol. The molecule has 5 heteroatoms. The first kappa shape index (κ1) is 16.4. The minimum atomic E-state index is -1.40. The van der Waals surface area contributed by atoms with Crippen molar-refractivity contribution in [3.63, 3.8) is 0 Å². The molecule has 0 aromatic carbocycles. The summed E-state index contributed by atoms with van der Waals surface area (Å²) in [5.74, 6) is -1.52. The van der Waals surface area contributed by atoms with Crippen molar-refractivity contribution in [3.8, 4) is 0 Å². The molecule has 0 spiro atoms. The van der Waals surface area contributed by atoms with Gasteiger partial charge in [0.05, 0.1) is 14.2 Å². The van der Waals surface area contributed by atoms with Crippen LogP contribution in [0.1, 0.15) is 38.5 Å². The van der Waals surface area contributed by atoms with Crippen molar-refractivity contribution in [2.45, 2.75) is 38.5 Å². The highest BCUT2D eigenvalue weighted by Gasteiger charge is 2.54. The second-order valence-electron chi connectivity index (χ2n) is 5.11. The van der Waals surface area contributed by atoms with Gasteiger partial charge in [0.1, 0.15) is 5.78 Å². The van der Waals surface area contributed by atoms with Crippen molar-refractivity contribution in [1.82, 2.24) is 0 Å². The molecule has 0 saturated heterocycles. The third-order valence-corrected chi connectivity index (χ3v) is 4.02. The zero-order chi connectivity index (χ0) is 15.2. The Hall–Kier alpha value is -1.65. The molecule has 1 rings (SSSR count). The number of rotatable bonds is 6. The summed E-state index contributed by atoms with van der Waals surface area (Å²) in [6.07, 6.45) is 4.45. The van der Waals surface area contributed by atoms with Gasteiger partial charge in [0.2, 0.25) is 0 Å². The van der Waals surface area contributed by atoms with E-state index in [1.807, 2.05) is 0 Å². The average Bonchev–Trinajstić information content (AvgIpc) is 2.47. The summed E-state index contributed by atoms with van der Waals surface area (Å²) >= 11 is 0. The molecule has 0 aromatic heterocycles. The third kappa shape index (κ3) is 3.08. The van der Waals surface area contributed by atoms with Crippen molar-refractivity contribution in [1.29, 1.82) is 0 Å². The normalized spacial score (nSPS) is 19.3. The van der Waals surface area contributed by atoms with E-state index in [0.29, 0.717) is 25.7 Å². The van der Waals surface area contributed by atoms with Gasteiger partial charge < -0.3 is 9.47 Å². The van der Waals surface area contributed by atoms with Crippen LogP contribution in [0.3, 0.4) is 0 Å². The Kier molecular flexibility index (Phi) is 5.92. The lowest BCUT2D eigenvalue weighted by atomic mass is 9.66. The Bertz CT molecular complexity index is 383. The molecule has 0 bridgehead atoms. The zero-order valence-corrected chi connectivity index (χ0v) is 12.1. The Labute approximate surface area is 119 Å². The van der Waals surface area contributed by atoms with Crippen LogP contribution in [0.25, 0.3) is 0 Å². The zero-order valence-electron chi connectivity index (χ0n) is 12.1. The summed E-state index contributed by atoms with van der Waals surface area (Å²) in [4.78, 5) is 36.2. The number of ether oxygens (including phenoxy) is 2. The first-order chi connectivity index (χ1) is 9.52. The van der Waals surface area contributed by atoms with Gasteiger partial charge in [0.25, 0.3) is 0 Å². The highest BCUT2D eigenvalue weighted by molar-refractivity contribution is 6.01. The maximum absolute atomic E-state index is 12.3. The standard InChI is InChI=1S/C15H22O5/c1-4-5-9-15(13(17)19-2,14(18)20-3)11-7-6-8-12(16)10-11/h4,11H,1,5-10H2,2-3H3. The fraction of sp³-hybridized carbons (Fsp3) is 0.667. The van der Waals surface area contributed by atoms with Crippen LogP contribution in [0.2, 0.25) is 0 Å². The molecule has 1 aliphatic carbocycles. The Morgan fingerprint density at radius 2 is 1.95 bits per heavy atom. The fourth-order valence-electron chi connectivity index (χ4n) is 2.96. The van der Waals surface area contributed by atoms with Crippen LogP contribution >= 0.6 is 0 Å². The molecule has 0 radical (unpaired) electrons. The van der Waals surface area contributed by atoms with Crippen LogP contribution in [0.4, 0.5) is 0 Å². The highest BCUT2D eigenvalue weighted by atomic mass is 16.5. The van der Waals surface area contributed by atoms with E-state index >= 15 is 0 Å². The van der Waals surface area contributed by atoms with Crippen LogP contribution in [-0.2, 0) is 23.9 Å². The topological polar surface area (TPSA) is 69.7 Å². The van der Waals surface area contributed by atoms with Gasteiger partial charge in [-0.2, -0.15) is 0 Å². The quantitative estimate of drug-likeness (QED) is 0.423. The minimum Gasteiger partial charge on any atom is -0.468 e. The molecule has 1 unspecified atom stereocenters. The maximum Gasteiger partial charge on any atom is 0.323 e. The Morgan fingerprint density at radius 3 is 2.40 bits per heavy atom. The van der Waals surface area contributed by atoms with E-state index in [9.17, 15) is 14.4 Å². The largest absolute Gasteiger partial charge is 0.468 e. The summed E-state index contributed by atoms with van der Waals surface area (Å²) < 4.78 is 9.68. The van der Waals surface area contributed by atoms with Crippen molar-refractivity contribution >= 4 is 17.7 Å². The van der Waals surface area contributed by atoms with Gasteiger partial charge in [-0.25, -0.2) is 0 Å². The van der Waals surface area contributed by atoms with Gasteiger partial charge in [0, 0.05) is 12.8 Å². The first-order valence-electron chi connectivity index (χ1n) is 6.82. The second kappa shape index (κ2) is 7.22. The minimum absolute atomic E-state index is 0.0806. The van der Waals surface area contributed by atoms with Gasteiger partial charge in [0.15, 0.2) is 5.41 Å². The van der Waals surface area contributed by atoms with Crippen LogP contribution in [-0.4, -0.2) is 31.9 Å². The van der Waals surface area contributed by atoms with Crippen LogP contribution < -0.4 is 0 Å². The van der Waals surface area contributed by atoms with Gasteiger partial charge >= 0.3 is 11.9 Å². The molecule has 20 heavy (non-hydrogen) atoms. The summed E-state index contributed by atoms with van der Waals surface area (Å²) in [7, 11) is 2.50. The van der Waals surface area contributed by atoms with Crippen molar-refractivity contribution < 1.29 is 23.9 Å². The van der Waals surface area contributed by atoms with E-state index in [-0.39, 0.29) is 24.5 Å². The smallest absolute Gasteiger partial charge is 0.323 e. The second-order valence-corrected chi connectivity index (χ2v) is 5.11. The molecule has 0 aliphatic heterocycles. The SMILES string of the molecule is C=CCCC(C(=O)OC)(C(=O)OC)C1CCCC(=O)C1. The van der Waals surface area contributed by atoms with Crippen molar-refractivity contribution in [2.75, 3.05) is 14.2 Å². The average molecular weight is 282 g/mol. The van der Waals surface area contributed by atoms with E-state index in [2.05, 4.69) is 6.58 Å². The number of hydrogen-bond acceptors (Lipinski definition) is 5. The van der Waals surface area contributed by atoms with Crippen LogP contribution in [0, 0.1) is 11.3 Å². The lowest BCUT2D eigenvalue weighted by molar-refractivity contribution is -0.175. The van der Waals surface area contributed by atoms with Crippen LogP contribution in [0.5, 0.6) is 0 Å². The number of ketones is 1. The molecule has 1 aliphatic rings. The van der Waals surface area contributed by atoms with Gasteiger partial charge in [-0.05, 0) is 31.6 Å². The summed E-state index contributed by atoms with van der Waals surface area (Å²) in [6.45, 7) is 3.62. The lowest BCUT2D eigenvalue weighted by Crippen LogP contribution is -2.48. The molecule has 1 saturated carbocycles. The van der Waals surface area contributed by atoms with E-state index in [1.165, 1.54) is 14.2 Å². The van der Waals surface area contributed by atoms with Crippen LogP contribution in [0.15, 0.2) is 12.7 Å². The number of methoxy groups -OCH3 is 2. The third-order valence-electron chi connectivity index (χ3n) is 4.02. The van der Waals surface area contributed by atoms with E-state index in [1.54, 1.807) is 6.08 Å². The van der Waals surface area contributed by atoms with E-state index < -0.39 is 17.4 Å². The molecule has 5 nitrogen and oxygen atoms in total. The van der Waals surface area contributed by atoms with Crippen molar-refractivity contribution in [3.05, 3.63) is 12.7 Å². The molecule has 1 atom stereocenters. The number of carbonyl (C=O) groups excluding carboxylic acids is 3. The molecule has 0 aromatic rings. The van der Waals surface area contributed by atoms with E-state index in [4.69, 9.17) is 9.47 Å². The molecule has 0 amide bonds. The number of Topliss-reactive ketones (excluding diaryl/α,β-unsaturated/α-hetero) is 1. The number of esters is 2. The van der Waals surface area contributed by atoms with Gasteiger partial charge in [-0.1, -0.05) is 6.08 Å². The molecule has 1 fully saturated rings. The fourth-order valence-corrected chi connectivity index (χ4v) is 2.96. The first-order valence-corrected chi connectivity index (χ1v) is 6.82.